The van der Waals surface area contributed by atoms with Gasteiger partial charge in [0, 0.05) is 0 Å². The van der Waals surface area contributed by atoms with Crippen molar-refractivity contribution in [1.82, 2.24) is 0 Å². The van der Waals surface area contributed by atoms with Crippen molar-refractivity contribution >= 4 is 17.4 Å². The molecule has 3 atom stereocenters. The molecule has 0 saturated heterocycles. The molecule has 2 fully saturated rings. The summed E-state index contributed by atoms with van der Waals surface area (Å²) < 4.78 is 0. The molecule has 0 heterocycles. The molecule has 0 spiro atoms. The lowest BCUT2D eigenvalue weighted by Gasteiger charge is -2.15. The fourth-order valence-corrected chi connectivity index (χ4v) is 2.57. The number of isothiocyanates is 1. The predicted molar refractivity (Wildman–Crippen MR) is 44.3 cm³/mol. The first-order chi connectivity index (χ1) is 4.90. The van der Waals surface area contributed by atoms with E-state index in [1.54, 1.807) is 0 Å². The molecule has 0 aromatic rings. The van der Waals surface area contributed by atoms with Crippen molar-refractivity contribution in [3.05, 3.63) is 0 Å². The zero-order valence-corrected chi connectivity index (χ0v) is 6.73. The third-order valence-corrected chi connectivity index (χ3v) is 3.02. The molecule has 0 radical (unpaired) electrons. The number of hydrogen-bond donors (Lipinski definition) is 0. The molecule has 0 aliphatic heterocycles. The van der Waals surface area contributed by atoms with E-state index in [4.69, 9.17) is 0 Å². The number of aliphatic imine (C=N–C) groups is 1. The van der Waals surface area contributed by atoms with E-state index < -0.39 is 0 Å². The van der Waals surface area contributed by atoms with E-state index in [1.807, 2.05) is 0 Å². The van der Waals surface area contributed by atoms with Crippen LogP contribution in [-0.2, 0) is 0 Å². The van der Waals surface area contributed by atoms with Crippen LogP contribution in [0.25, 0.3) is 0 Å². The van der Waals surface area contributed by atoms with Crippen molar-refractivity contribution in [1.29, 1.82) is 0 Å². The maximum atomic E-state index is 4.59. The monoisotopic (exact) mass is 153 g/mol. The molecule has 2 aliphatic carbocycles. The van der Waals surface area contributed by atoms with Gasteiger partial charge >= 0.3 is 0 Å². The number of fused-ring (bicyclic) bond motifs is 2. The first-order valence-electron chi connectivity index (χ1n) is 3.97. The fourth-order valence-electron chi connectivity index (χ4n) is 2.44. The quantitative estimate of drug-likeness (QED) is 0.416. The maximum absolute atomic E-state index is 4.59. The van der Waals surface area contributed by atoms with Gasteiger partial charge in [-0.3, -0.25) is 0 Å². The van der Waals surface area contributed by atoms with Gasteiger partial charge in [-0.25, -0.2) is 4.99 Å². The molecule has 2 heteroatoms. The smallest absolute Gasteiger partial charge is 0.0633 e. The topological polar surface area (TPSA) is 12.4 Å². The van der Waals surface area contributed by atoms with Crippen molar-refractivity contribution < 1.29 is 0 Å². The normalized spacial score (nSPS) is 43.4. The Bertz CT molecular complexity index is 184. The average molecular weight is 153 g/mol. The first kappa shape index (κ1) is 6.51. The van der Waals surface area contributed by atoms with E-state index in [0.29, 0.717) is 6.04 Å². The Morgan fingerprint density at radius 3 is 2.70 bits per heavy atom. The number of thiocarbonyl (C=S) groups is 1. The van der Waals surface area contributed by atoms with Gasteiger partial charge in [0.2, 0.25) is 0 Å². The number of hydrogen-bond acceptors (Lipinski definition) is 2. The minimum Gasteiger partial charge on any atom is -0.229 e. The highest BCUT2D eigenvalue weighted by Gasteiger charge is 2.39. The molecule has 0 aromatic heterocycles. The highest BCUT2D eigenvalue weighted by atomic mass is 32.1. The molecule has 0 aromatic carbocycles. The Balaban J connectivity index is 2.08. The third-order valence-electron chi connectivity index (χ3n) is 2.92. The van der Waals surface area contributed by atoms with Crippen LogP contribution in [0.4, 0.5) is 0 Å². The van der Waals surface area contributed by atoms with Gasteiger partial charge in [0.15, 0.2) is 0 Å². The summed E-state index contributed by atoms with van der Waals surface area (Å²) in [5.41, 5.74) is 0. The minimum atomic E-state index is 0.552. The van der Waals surface area contributed by atoms with Gasteiger partial charge in [-0.05, 0) is 43.3 Å². The second-order valence-corrected chi connectivity index (χ2v) is 3.65. The van der Waals surface area contributed by atoms with Crippen LogP contribution >= 0.6 is 12.2 Å². The lowest BCUT2D eigenvalue weighted by atomic mass is 9.96. The number of rotatable bonds is 1. The van der Waals surface area contributed by atoms with E-state index in [0.717, 1.165) is 11.8 Å². The summed E-state index contributed by atoms with van der Waals surface area (Å²) in [5.74, 6) is 1.84. The summed E-state index contributed by atoms with van der Waals surface area (Å²) in [6.45, 7) is 0. The Hall–Kier alpha value is -0.200. The summed E-state index contributed by atoms with van der Waals surface area (Å²) in [5, 5.41) is 2.50. The number of nitrogens with zero attached hydrogens (tertiary/aromatic N) is 1. The molecule has 0 unspecified atom stereocenters. The zero-order valence-electron chi connectivity index (χ0n) is 5.92. The van der Waals surface area contributed by atoms with Gasteiger partial charge in [-0.1, -0.05) is 6.42 Å². The van der Waals surface area contributed by atoms with Gasteiger partial charge in [0.05, 0.1) is 11.2 Å². The molecule has 2 bridgehead atoms. The van der Waals surface area contributed by atoms with E-state index in [1.165, 1.54) is 25.7 Å². The van der Waals surface area contributed by atoms with Gasteiger partial charge < -0.3 is 0 Å². The van der Waals surface area contributed by atoms with Crippen LogP contribution in [0.3, 0.4) is 0 Å². The van der Waals surface area contributed by atoms with Crippen LogP contribution in [0.1, 0.15) is 25.7 Å². The van der Waals surface area contributed by atoms with Crippen molar-refractivity contribution in [3.8, 4) is 0 Å². The molecule has 0 amide bonds. The van der Waals surface area contributed by atoms with E-state index in [9.17, 15) is 0 Å². The lowest BCUT2D eigenvalue weighted by Crippen LogP contribution is -2.13. The van der Waals surface area contributed by atoms with Crippen molar-refractivity contribution in [3.63, 3.8) is 0 Å². The first-order valence-corrected chi connectivity index (χ1v) is 4.38. The van der Waals surface area contributed by atoms with Crippen molar-refractivity contribution in [2.24, 2.45) is 16.8 Å². The second-order valence-electron chi connectivity index (χ2n) is 3.46. The molecule has 54 valence electrons. The molecule has 0 N–H and O–H groups in total. The molecule has 1 nitrogen and oxygen atoms in total. The molecule has 10 heavy (non-hydrogen) atoms. The summed E-state index contributed by atoms with van der Waals surface area (Å²) in [6.07, 6.45) is 5.52. The van der Waals surface area contributed by atoms with E-state index >= 15 is 0 Å². The minimum absolute atomic E-state index is 0.552. The van der Waals surface area contributed by atoms with Gasteiger partial charge in [-0.2, -0.15) is 0 Å². The largest absolute Gasteiger partial charge is 0.229 e. The highest BCUT2D eigenvalue weighted by Crippen LogP contribution is 2.45. The Morgan fingerprint density at radius 1 is 1.30 bits per heavy atom. The summed E-state index contributed by atoms with van der Waals surface area (Å²) in [7, 11) is 0. The van der Waals surface area contributed by atoms with Crippen LogP contribution in [0, 0.1) is 11.8 Å². The van der Waals surface area contributed by atoms with Crippen molar-refractivity contribution in [2.75, 3.05) is 0 Å². The molecule has 2 saturated carbocycles. The van der Waals surface area contributed by atoms with E-state index in [-0.39, 0.29) is 0 Å². The zero-order chi connectivity index (χ0) is 6.97. The molecular formula is C8H11NS. The average Bonchev–Trinajstić information content (AvgIpc) is 2.48. The Kier molecular flexibility index (Phi) is 1.59. The van der Waals surface area contributed by atoms with Crippen LogP contribution in [-0.4, -0.2) is 11.2 Å². The summed E-state index contributed by atoms with van der Waals surface area (Å²) >= 11 is 4.59. The maximum Gasteiger partial charge on any atom is 0.0633 e. The Morgan fingerprint density at radius 2 is 2.20 bits per heavy atom. The van der Waals surface area contributed by atoms with Crippen LogP contribution < -0.4 is 0 Å². The highest BCUT2D eigenvalue weighted by molar-refractivity contribution is 7.78. The van der Waals surface area contributed by atoms with Gasteiger partial charge in [-0.15, -0.1) is 0 Å². The molecular weight excluding hydrogens is 142 g/mol. The van der Waals surface area contributed by atoms with Crippen LogP contribution in [0.5, 0.6) is 0 Å². The van der Waals surface area contributed by atoms with Gasteiger partial charge in [0.25, 0.3) is 0 Å². The standard InChI is InChI=1S/C8H11NS/c10-5-9-8-4-6-1-2-7(8)3-6/h6-8H,1-4H2/t6-,7-,8+/m0/s1. The summed E-state index contributed by atoms with van der Waals surface area (Å²) in [6, 6.07) is 0.552. The van der Waals surface area contributed by atoms with E-state index in [2.05, 4.69) is 22.4 Å². The fraction of sp³-hybridized carbons (Fsp3) is 0.875. The molecule has 2 rings (SSSR count). The molecule has 2 aliphatic rings. The van der Waals surface area contributed by atoms with Gasteiger partial charge in [0.1, 0.15) is 0 Å². The van der Waals surface area contributed by atoms with Crippen molar-refractivity contribution in [2.45, 2.75) is 31.7 Å². The van der Waals surface area contributed by atoms with Crippen LogP contribution in [0.15, 0.2) is 4.99 Å². The van der Waals surface area contributed by atoms with Crippen LogP contribution in [0.2, 0.25) is 0 Å². The second kappa shape index (κ2) is 2.44. The predicted octanol–water partition coefficient (Wildman–Crippen LogP) is 2.28. The summed E-state index contributed by atoms with van der Waals surface area (Å²) in [4.78, 5) is 4.17. The SMILES string of the molecule is S=C=N[C@@H]1C[C@H]2CC[C@H]1C2. The Labute approximate surface area is 66.5 Å². The lowest BCUT2D eigenvalue weighted by molar-refractivity contribution is 0.422. The third kappa shape index (κ3) is 0.920.